The quantitative estimate of drug-likeness (QED) is 0.662. The van der Waals surface area contributed by atoms with E-state index in [2.05, 4.69) is 34.3 Å². The number of ether oxygens (including phenoxy) is 1. The molecule has 1 amide bonds. The Morgan fingerprint density at radius 2 is 1.85 bits per heavy atom. The third-order valence-electron chi connectivity index (χ3n) is 3.82. The predicted molar refractivity (Wildman–Crippen MR) is 101 cm³/mol. The molecular weight excluding hydrogens is 336 g/mol. The zero-order chi connectivity index (χ0) is 20.1. The summed E-state index contributed by atoms with van der Waals surface area (Å²) >= 11 is 0. The average molecular weight is 367 g/mol. The minimum atomic E-state index is -0.685. The van der Waals surface area contributed by atoms with Crippen molar-refractivity contribution in [2.75, 3.05) is 13.1 Å². The van der Waals surface area contributed by atoms with Crippen molar-refractivity contribution >= 4 is 5.91 Å². The van der Waals surface area contributed by atoms with E-state index >= 15 is 0 Å². The summed E-state index contributed by atoms with van der Waals surface area (Å²) in [6.07, 6.45) is 1.71. The number of hydrogen-bond acceptors (Lipinski definition) is 2. The molecule has 1 atom stereocenters. The summed E-state index contributed by atoms with van der Waals surface area (Å²) in [5.41, 5.74) is 0.747. The fraction of sp³-hybridized carbons (Fsp3) is 0.571. The molecule has 1 aliphatic rings. The van der Waals surface area contributed by atoms with E-state index in [4.69, 9.17) is 4.74 Å². The maximum Gasteiger partial charge on any atom is 0.219 e. The summed E-state index contributed by atoms with van der Waals surface area (Å²) in [6, 6.07) is 1.97. The monoisotopic (exact) mass is 367 g/mol. The highest BCUT2D eigenvalue weighted by Gasteiger charge is 2.25. The van der Waals surface area contributed by atoms with Gasteiger partial charge in [0.2, 0.25) is 5.91 Å². The van der Waals surface area contributed by atoms with Gasteiger partial charge in [-0.25, -0.2) is 8.78 Å². The van der Waals surface area contributed by atoms with Gasteiger partial charge in [-0.3, -0.25) is 4.79 Å². The first-order valence-corrected chi connectivity index (χ1v) is 8.96. The van der Waals surface area contributed by atoms with Crippen LogP contribution in [0.15, 0.2) is 24.5 Å². The van der Waals surface area contributed by atoms with Gasteiger partial charge in [0.1, 0.15) is 23.1 Å². The summed E-state index contributed by atoms with van der Waals surface area (Å²) in [4.78, 5) is 13.2. The summed E-state index contributed by atoms with van der Waals surface area (Å²) in [5, 5.41) is 0. The van der Waals surface area contributed by atoms with E-state index in [1.807, 2.05) is 0 Å². The van der Waals surface area contributed by atoms with Crippen LogP contribution in [-0.2, 0) is 4.79 Å². The summed E-state index contributed by atoms with van der Waals surface area (Å²) in [6.45, 7) is 16.9. The summed E-state index contributed by atoms with van der Waals surface area (Å²) in [7, 11) is 0. The van der Waals surface area contributed by atoms with E-state index in [0.29, 0.717) is 17.7 Å². The van der Waals surface area contributed by atoms with Crippen LogP contribution in [0.25, 0.3) is 0 Å². The molecular formula is C21H31F2NO2. The molecule has 1 heterocycles. The second-order valence-corrected chi connectivity index (χ2v) is 8.38. The van der Waals surface area contributed by atoms with Crippen molar-refractivity contribution in [2.24, 2.45) is 11.3 Å². The molecule has 0 aliphatic carbocycles. The Morgan fingerprint density at radius 1 is 1.27 bits per heavy atom. The second-order valence-electron chi connectivity index (χ2n) is 8.38. The molecule has 1 fully saturated rings. The number of rotatable bonds is 3. The molecule has 1 aromatic carbocycles. The van der Waals surface area contributed by atoms with Crippen LogP contribution in [0.1, 0.15) is 53.0 Å². The predicted octanol–water partition coefficient (Wildman–Crippen LogP) is 5.48. The number of carbonyl (C=O) groups excluding carboxylic acids is 1. The largest absolute Gasteiger partial charge is 0.461 e. The molecule has 1 saturated heterocycles. The van der Waals surface area contributed by atoms with Gasteiger partial charge in [0, 0.05) is 43.6 Å². The molecule has 1 aromatic rings. The van der Waals surface area contributed by atoms with Crippen molar-refractivity contribution in [3.63, 3.8) is 0 Å². The van der Waals surface area contributed by atoms with E-state index in [9.17, 15) is 13.6 Å². The Morgan fingerprint density at radius 3 is 2.38 bits per heavy atom. The number of benzene rings is 1. The van der Waals surface area contributed by atoms with Crippen LogP contribution in [0, 0.1) is 29.9 Å². The van der Waals surface area contributed by atoms with E-state index < -0.39 is 11.6 Å². The topological polar surface area (TPSA) is 29.5 Å². The number of piperidine rings is 1. The molecule has 0 N–H and O–H groups in total. The van der Waals surface area contributed by atoms with Gasteiger partial charge in [-0.05, 0) is 25.2 Å². The maximum absolute atomic E-state index is 13.5. The zero-order valence-corrected chi connectivity index (χ0v) is 16.8. The molecule has 5 heteroatoms. The van der Waals surface area contributed by atoms with Crippen LogP contribution in [0.5, 0.6) is 5.75 Å². The number of likely N-dealkylation sites (tertiary alicyclic amines) is 1. The summed E-state index contributed by atoms with van der Waals surface area (Å²) < 4.78 is 32.3. The fourth-order valence-electron chi connectivity index (χ4n) is 2.48. The lowest BCUT2D eigenvalue weighted by molar-refractivity contribution is -0.130. The van der Waals surface area contributed by atoms with Crippen LogP contribution >= 0.6 is 0 Å². The Labute approximate surface area is 156 Å². The lowest BCUT2D eigenvalue weighted by atomic mass is 9.96. The van der Waals surface area contributed by atoms with Gasteiger partial charge in [0.25, 0.3) is 0 Å². The average Bonchev–Trinajstić information content (AvgIpc) is 2.50. The first-order chi connectivity index (χ1) is 11.9. The molecule has 0 bridgehead atoms. The SMILES string of the molecule is C=C(Oc1cc(F)cc(F)c1C)C1CCCN(C(C)=O)C1.CC(C)(C)C. The Kier molecular flexibility index (Phi) is 7.79. The Bertz CT molecular complexity index is 644. The number of carbonyl (C=O) groups is 1. The van der Waals surface area contributed by atoms with Crippen LogP contribution in [0.3, 0.4) is 0 Å². The number of nitrogens with zero attached hydrogens (tertiary/aromatic N) is 1. The molecule has 26 heavy (non-hydrogen) atoms. The molecule has 146 valence electrons. The minimum Gasteiger partial charge on any atom is -0.461 e. The smallest absolute Gasteiger partial charge is 0.219 e. The first-order valence-electron chi connectivity index (χ1n) is 8.96. The fourth-order valence-corrected chi connectivity index (χ4v) is 2.48. The van der Waals surface area contributed by atoms with Gasteiger partial charge in [0.15, 0.2) is 0 Å². The van der Waals surface area contributed by atoms with E-state index in [1.54, 1.807) is 4.90 Å². The van der Waals surface area contributed by atoms with Crippen molar-refractivity contribution in [3.8, 4) is 5.75 Å². The minimum absolute atomic E-state index is 0.0143. The van der Waals surface area contributed by atoms with Gasteiger partial charge < -0.3 is 9.64 Å². The lowest BCUT2D eigenvalue weighted by Crippen LogP contribution is -2.39. The van der Waals surface area contributed by atoms with E-state index in [0.717, 1.165) is 31.5 Å². The highest BCUT2D eigenvalue weighted by molar-refractivity contribution is 5.73. The Hall–Kier alpha value is -1.91. The standard InChI is InChI=1S/C16H19F2NO2.C5H12/c1-10-15(18)7-14(17)8-16(10)21-11(2)13-5-4-6-19(9-13)12(3)20;1-5(2,3)4/h7-8,13H,2,4-6,9H2,1,3H3;1-4H3. The van der Waals surface area contributed by atoms with Crippen molar-refractivity contribution in [1.29, 1.82) is 0 Å². The third-order valence-corrected chi connectivity index (χ3v) is 3.82. The van der Waals surface area contributed by atoms with Crippen molar-refractivity contribution < 1.29 is 18.3 Å². The number of halogens is 2. The lowest BCUT2D eigenvalue weighted by Gasteiger charge is -2.32. The van der Waals surface area contributed by atoms with Crippen LogP contribution in [-0.4, -0.2) is 23.9 Å². The Balaban J connectivity index is 0.000000597. The van der Waals surface area contributed by atoms with Gasteiger partial charge in [-0.1, -0.05) is 34.3 Å². The number of hydrogen-bond donors (Lipinski definition) is 0. The van der Waals surface area contributed by atoms with Gasteiger partial charge >= 0.3 is 0 Å². The van der Waals surface area contributed by atoms with Crippen LogP contribution < -0.4 is 4.74 Å². The third kappa shape index (κ3) is 7.54. The van der Waals surface area contributed by atoms with Crippen molar-refractivity contribution in [3.05, 3.63) is 41.7 Å². The molecule has 1 unspecified atom stereocenters. The molecule has 0 spiro atoms. The van der Waals surface area contributed by atoms with Gasteiger partial charge in [-0.2, -0.15) is 0 Å². The highest BCUT2D eigenvalue weighted by atomic mass is 19.1. The summed E-state index contributed by atoms with van der Waals surface area (Å²) in [5.74, 6) is -0.762. The molecule has 0 aromatic heterocycles. The number of amides is 1. The molecule has 2 rings (SSSR count). The molecule has 1 aliphatic heterocycles. The van der Waals surface area contributed by atoms with E-state index in [1.165, 1.54) is 13.8 Å². The second kappa shape index (κ2) is 9.15. The first kappa shape index (κ1) is 22.1. The molecule has 0 saturated carbocycles. The molecule has 0 radical (unpaired) electrons. The maximum atomic E-state index is 13.5. The van der Waals surface area contributed by atoms with Crippen molar-refractivity contribution in [1.82, 2.24) is 4.90 Å². The van der Waals surface area contributed by atoms with Crippen LogP contribution in [0.4, 0.5) is 8.78 Å². The highest BCUT2D eigenvalue weighted by Crippen LogP contribution is 2.29. The van der Waals surface area contributed by atoms with Crippen LogP contribution in [0.2, 0.25) is 0 Å². The van der Waals surface area contributed by atoms with Gasteiger partial charge in [0.05, 0.1) is 0 Å². The molecule has 3 nitrogen and oxygen atoms in total. The van der Waals surface area contributed by atoms with Gasteiger partial charge in [-0.15, -0.1) is 0 Å². The van der Waals surface area contributed by atoms with Crippen molar-refractivity contribution in [2.45, 2.75) is 54.4 Å². The van der Waals surface area contributed by atoms with E-state index in [-0.39, 0.29) is 23.1 Å². The zero-order valence-electron chi connectivity index (χ0n) is 16.8. The normalized spacial score (nSPS) is 17.2.